The Bertz CT molecular complexity index is 291. The number of hydrogen-bond acceptors (Lipinski definition) is 3. The zero-order chi connectivity index (χ0) is 9.84. The molecule has 1 rings (SSSR count). The van der Waals surface area contributed by atoms with Gasteiger partial charge in [0.2, 0.25) is 0 Å². The summed E-state index contributed by atoms with van der Waals surface area (Å²) in [6.45, 7) is 0. The molecule has 0 aromatic carbocycles. The number of hydrogen-bond donors (Lipinski definition) is 0. The first-order chi connectivity index (χ1) is 6.20. The molecule has 72 valence electrons. The minimum absolute atomic E-state index is 0.0139. The van der Waals surface area contributed by atoms with E-state index < -0.39 is 6.43 Å². The summed E-state index contributed by atoms with van der Waals surface area (Å²) in [6, 6.07) is 1.20. The average Bonchev–Trinajstić information content (AvgIpc) is 2.16. The normalized spacial score (nSPS) is 10.2. The van der Waals surface area contributed by atoms with E-state index in [1.165, 1.54) is 26.5 Å². The van der Waals surface area contributed by atoms with Gasteiger partial charge in [0, 0.05) is 6.20 Å². The number of ether oxygens (including phenoxy) is 2. The molecule has 0 atom stereocenters. The fraction of sp³-hybridized carbons (Fsp3) is 0.375. The molecule has 0 saturated carbocycles. The molecule has 5 heteroatoms. The van der Waals surface area contributed by atoms with E-state index >= 15 is 0 Å². The largest absolute Gasteiger partial charge is 0.491 e. The summed E-state index contributed by atoms with van der Waals surface area (Å²) in [6.07, 6.45) is -1.34. The Kier molecular flexibility index (Phi) is 3.00. The monoisotopic (exact) mass is 189 g/mol. The summed E-state index contributed by atoms with van der Waals surface area (Å²) in [7, 11) is 2.64. The third-order valence-electron chi connectivity index (χ3n) is 1.53. The van der Waals surface area contributed by atoms with Gasteiger partial charge in [0.15, 0.2) is 5.75 Å². The standard InChI is InChI=1S/C8H9F2NO2/c1-12-6-5(7(9)10)3-4-11-8(6)13-2/h3-4,7H,1-2H3. The quantitative estimate of drug-likeness (QED) is 0.729. The summed E-state index contributed by atoms with van der Waals surface area (Å²) in [5.41, 5.74) is -0.214. The van der Waals surface area contributed by atoms with Crippen LogP contribution < -0.4 is 9.47 Å². The molecule has 0 fully saturated rings. The van der Waals surface area contributed by atoms with Gasteiger partial charge in [-0.05, 0) is 6.07 Å². The van der Waals surface area contributed by atoms with E-state index in [-0.39, 0.29) is 17.2 Å². The second-order valence-corrected chi connectivity index (χ2v) is 2.24. The lowest BCUT2D eigenvalue weighted by molar-refractivity contribution is 0.145. The molecule has 1 heterocycles. The molecule has 0 aliphatic heterocycles. The van der Waals surface area contributed by atoms with E-state index in [1.807, 2.05) is 0 Å². The van der Waals surface area contributed by atoms with Crippen molar-refractivity contribution in [3.8, 4) is 11.6 Å². The molecule has 0 spiro atoms. The molecule has 1 aromatic rings. The first kappa shape index (κ1) is 9.70. The van der Waals surface area contributed by atoms with Crippen LogP contribution in [0.5, 0.6) is 11.6 Å². The first-order valence-electron chi connectivity index (χ1n) is 3.55. The summed E-state index contributed by atoms with van der Waals surface area (Å²) >= 11 is 0. The Morgan fingerprint density at radius 3 is 2.46 bits per heavy atom. The van der Waals surface area contributed by atoms with Gasteiger partial charge in [-0.1, -0.05) is 0 Å². The maximum atomic E-state index is 12.4. The summed E-state index contributed by atoms with van der Waals surface area (Å²) in [5, 5.41) is 0. The molecule has 0 aliphatic carbocycles. The molecule has 13 heavy (non-hydrogen) atoms. The lowest BCUT2D eigenvalue weighted by Gasteiger charge is -2.09. The van der Waals surface area contributed by atoms with Crippen LogP contribution in [0, 0.1) is 0 Å². The molecule has 1 aromatic heterocycles. The van der Waals surface area contributed by atoms with Crippen molar-refractivity contribution in [3.05, 3.63) is 17.8 Å². The molecule has 0 bridgehead atoms. The highest BCUT2D eigenvalue weighted by atomic mass is 19.3. The van der Waals surface area contributed by atoms with Crippen molar-refractivity contribution in [3.63, 3.8) is 0 Å². The predicted molar refractivity (Wildman–Crippen MR) is 42.3 cm³/mol. The fourth-order valence-electron chi connectivity index (χ4n) is 0.965. The van der Waals surface area contributed by atoms with Crippen LogP contribution in [0.15, 0.2) is 12.3 Å². The van der Waals surface area contributed by atoms with E-state index in [4.69, 9.17) is 9.47 Å². The molecule has 0 aliphatic rings. The maximum Gasteiger partial charge on any atom is 0.267 e. The van der Waals surface area contributed by atoms with Crippen molar-refractivity contribution in [2.24, 2.45) is 0 Å². The van der Waals surface area contributed by atoms with Gasteiger partial charge in [0.05, 0.1) is 19.8 Å². The van der Waals surface area contributed by atoms with Crippen LogP contribution in [0.25, 0.3) is 0 Å². The van der Waals surface area contributed by atoms with Crippen LogP contribution in [0.3, 0.4) is 0 Å². The number of rotatable bonds is 3. The molecular formula is C8H9F2NO2. The molecule has 3 nitrogen and oxygen atoms in total. The Balaban J connectivity index is 3.19. The molecule has 0 saturated heterocycles. The van der Waals surface area contributed by atoms with E-state index in [0.717, 1.165) is 0 Å². The minimum Gasteiger partial charge on any atom is -0.491 e. The van der Waals surface area contributed by atoms with Crippen LogP contribution in [0.4, 0.5) is 8.78 Å². The second-order valence-electron chi connectivity index (χ2n) is 2.24. The Hall–Kier alpha value is -1.39. The SMILES string of the molecule is COc1nccc(C(F)F)c1OC. The molecule has 0 amide bonds. The zero-order valence-corrected chi connectivity index (χ0v) is 7.25. The van der Waals surface area contributed by atoms with Crippen LogP contribution in [-0.2, 0) is 0 Å². The Labute approximate surface area is 74.3 Å². The number of aromatic nitrogens is 1. The van der Waals surface area contributed by atoms with Gasteiger partial charge in [-0.25, -0.2) is 13.8 Å². The van der Waals surface area contributed by atoms with Crippen LogP contribution in [0.1, 0.15) is 12.0 Å². The van der Waals surface area contributed by atoms with Crippen molar-refractivity contribution >= 4 is 0 Å². The van der Waals surface area contributed by atoms with E-state index in [0.29, 0.717) is 0 Å². The number of alkyl halides is 2. The maximum absolute atomic E-state index is 12.4. The van der Waals surface area contributed by atoms with Crippen molar-refractivity contribution in [1.29, 1.82) is 0 Å². The van der Waals surface area contributed by atoms with E-state index in [9.17, 15) is 8.78 Å². The molecule has 0 N–H and O–H groups in total. The highest BCUT2D eigenvalue weighted by Crippen LogP contribution is 2.34. The van der Waals surface area contributed by atoms with E-state index in [1.54, 1.807) is 0 Å². The van der Waals surface area contributed by atoms with Gasteiger partial charge < -0.3 is 9.47 Å². The molecule has 0 radical (unpaired) electrons. The molecule has 0 unspecified atom stereocenters. The lowest BCUT2D eigenvalue weighted by Crippen LogP contribution is -1.98. The lowest BCUT2D eigenvalue weighted by atomic mass is 10.2. The van der Waals surface area contributed by atoms with Crippen molar-refractivity contribution in [1.82, 2.24) is 4.98 Å². The van der Waals surface area contributed by atoms with Gasteiger partial charge in [-0.15, -0.1) is 0 Å². The fourth-order valence-corrected chi connectivity index (χ4v) is 0.965. The van der Waals surface area contributed by atoms with Crippen molar-refractivity contribution < 1.29 is 18.3 Å². The van der Waals surface area contributed by atoms with Crippen LogP contribution in [0.2, 0.25) is 0 Å². The van der Waals surface area contributed by atoms with Gasteiger partial charge >= 0.3 is 0 Å². The number of nitrogens with zero attached hydrogens (tertiary/aromatic N) is 1. The van der Waals surface area contributed by atoms with Crippen molar-refractivity contribution in [2.45, 2.75) is 6.43 Å². The van der Waals surface area contributed by atoms with Crippen LogP contribution in [-0.4, -0.2) is 19.2 Å². The third-order valence-corrected chi connectivity index (χ3v) is 1.53. The van der Waals surface area contributed by atoms with Gasteiger partial charge in [0.25, 0.3) is 12.3 Å². The Morgan fingerprint density at radius 2 is 2.00 bits per heavy atom. The minimum atomic E-state index is -2.59. The van der Waals surface area contributed by atoms with Gasteiger partial charge in [-0.2, -0.15) is 0 Å². The van der Waals surface area contributed by atoms with Crippen LogP contribution >= 0.6 is 0 Å². The smallest absolute Gasteiger partial charge is 0.267 e. The number of halogens is 2. The van der Waals surface area contributed by atoms with E-state index in [2.05, 4.69) is 4.98 Å². The first-order valence-corrected chi connectivity index (χ1v) is 3.55. The number of methoxy groups -OCH3 is 2. The number of pyridine rings is 1. The van der Waals surface area contributed by atoms with Crippen molar-refractivity contribution in [2.75, 3.05) is 14.2 Å². The van der Waals surface area contributed by atoms with Gasteiger partial charge in [-0.3, -0.25) is 0 Å². The predicted octanol–water partition coefficient (Wildman–Crippen LogP) is 2.04. The Morgan fingerprint density at radius 1 is 1.31 bits per heavy atom. The second kappa shape index (κ2) is 4.02. The summed E-state index contributed by atoms with van der Waals surface area (Å²) < 4.78 is 34.3. The summed E-state index contributed by atoms with van der Waals surface area (Å²) in [4.78, 5) is 3.73. The highest BCUT2D eigenvalue weighted by molar-refractivity contribution is 5.41. The average molecular weight is 189 g/mol. The molecular weight excluding hydrogens is 180 g/mol. The summed E-state index contributed by atoms with van der Waals surface area (Å²) in [5.74, 6) is 0.0558. The topological polar surface area (TPSA) is 31.4 Å². The highest BCUT2D eigenvalue weighted by Gasteiger charge is 2.18. The zero-order valence-electron chi connectivity index (χ0n) is 7.25. The third kappa shape index (κ3) is 1.85. The van der Waals surface area contributed by atoms with Gasteiger partial charge in [0.1, 0.15) is 0 Å².